The molecule has 100 valence electrons. The molecule has 0 aliphatic carbocycles. The lowest BCUT2D eigenvalue weighted by Crippen LogP contribution is -2.53. The van der Waals surface area contributed by atoms with E-state index in [4.69, 9.17) is 13.3 Å². The lowest BCUT2D eigenvalue weighted by molar-refractivity contribution is -0.139. The second-order valence-electron chi connectivity index (χ2n) is 5.83. The van der Waals surface area contributed by atoms with Crippen molar-refractivity contribution >= 4 is 14.8 Å². The van der Waals surface area contributed by atoms with E-state index < -0.39 is 26.0 Å². The van der Waals surface area contributed by atoms with Gasteiger partial charge in [0.05, 0.1) is 11.2 Å². The number of rotatable bonds is 4. The first kappa shape index (κ1) is 16.3. The molecule has 4 nitrogen and oxygen atoms in total. The predicted molar refractivity (Wildman–Crippen MR) is 69.4 cm³/mol. The van der Waals surface area contributed by atoms with Crippen LogP contribution in [0.1, 0.15) is 48.5 Å². The maximum Gasteiger partial charge on any atom is 0.597 e. The van der Waals surface area contributed by atoms with Gasteiger partial charge in [0.15, 0.2) is 0 Å². The van der Waals surface area contributed by atoms with E-state index in [-0.39, 0.29) is 0 Å². The maximum atomic E-state index is 11.2. The van der Waals surface area contributed by atoms with Crippen LogP contribution in [0.15, 0.2) is 12.3 Å². The maximum absolute atomic E-state index is 11.2. The molecule has 0 aromatic carbocycles. The standard InChI is InChI=1S/C12H24O4Si/c1-9-17(14-10(2)13,15-11(3,4)5)16-12(6,7)8/h9H,1H2,2-8H3. The summed E-state index contributed by atoms with van der Waals surface area (Å²) < 4.78 is 16.9. The van der Waals surface area contributed by atoms with Gasteiger partial charge in [0, 0.05) is 6.92 Å². The molecule has 0 saturated carbocycles. The molecule has 0 spiro atoms. The molecule has 5 heteroatoms. The van der Waals surface area contributed by atoms with E-state index in [2.05, 4.69) is 6.58 Å². The zero-order valence-corrected chi connectivity index (χ0v) is 12.9. The first-order valence-corrected chi connectivity index (χ1v) is 7.43. The summed E-state index contributed by atoms with van der Waals surface area (Å²) in [5.74, 6) is -0.426. The molecule has 17 heavy (non-hydrogen) atoms. The highest BCUT2D eigenvalue weighted by Crippen LogP contribution is 2.25. The third-order valence-corrected chi connectivity index (χ3v) is 4.30. The zero-order chi connectivity index (χ0) is 13.9. The SMILES string of the molecule is C=C[Si](OC(C)=O)(OC(C)(C)C)OC(C)(C)C. The lowest BCUT2D eigenvalue weighted by Gasteiger charge is -2.36. The minimum absolute atomic E-state index is 0.426. The van der Waals surface area contributed by atoms with Crippen LogP contribution in [0.3, 0.4) is 0 Å². The van der Waals surface area contributed by atoms with Crippen molar-refractivity contribution in [3.63, 3.8) is 0 Å². The van der Waals surface area contributed by atoms with E-state index in [1.165, 1.54) is 12.6 Å². The molecule has 0 heterocycles. The van der Waals surface area contributed by atoms with Gasteiger partial charge < -0.3 is 13.3 Å². The average molecular weight is 260 g/mol. The molecule has 0 amide bonds. The number of hydrogen-bond acceptors (Lipinski definition) is 4. The van der Waals surface area contributed by atoms with E-state index in [1.54, 1.807) is 0 Å². The summed E-state index contributed by atoms with van der Waals surface area (Å²) in [7, 11) is -3.19. The minimum atomic E-state index is -3.19. The molecular formula is C12H24O4Si. The van der Waals surface area contributed by atoms with Crippen LogP contribution >= 0.6 is 0 Å². The van der Waals surface area contributed by atoms with Crippen LogP contribution in [0.2, 0.25) is 0 Å². The summed E-state index contributed by atoms with van der Waals surface area (Å²) in [6.07, 6.45) is 0. The van der Waals surface area contributed by atoms with Crippen molar-refractivity contribution in [3.05, 3.63) is 12.3 Å². The van der Waals surface area contributed by atoms with Gasteiger partial charge in [0.25, 0.3) is 5.97 Å². The summed E-state index contributed by atoms with van der Waals surface area (Å²) in [5, 5.41) is 0. The van der Waals surface area contributed by atoms with Crippen molar-refractivity contribution in [2.75, 3.05) is 0 Å². The topological polar surface area (TPSA) is 44.8 Å². The highest BCUT2D eigenvalue weighted by molar-refractivity contribution is 6.67. The smallest absolute Gasteiger partial charge is 0.471 e. The summed E-state index contributed by atoms with van der Waals surface area (Å²) in [4.78, 5) is 11.2. The molecule has 0 fully saturated rings. The van der Waals surface area contributed by atoms with Crippen molar-refractivity contribution in [2.24, 2.45) is 0 Å². The molecule has 0 atom stereocenters. The monoisotopic (exact) mass is 260 g/mol. The van der Waals surface area contributed by atoms with Crippen LogP contribution in [0.4, 0.5) is 0 Å². The molecule has 0 rings (SSSR count). The Labute approximate surface area is 105 Å². The van der Waals surface area contributed by atoms with Gasteiger partial charge in [-0.1, -0.05) is 6.58 Å². The highest BCUT2D eigenvalue weighted by Gasteiger charge is 2.48. The van der Waals surface area contributed by atoms with Crippen LogP contribution in [0.5, 0.6) is 0 Å². The summed E-state index contributed by atoms with van der Waals surface area (Å²) in [6, 6.07) is 0. The van der Waals surface area contributed by atoms with Crippen molar-refractivity contribution in [1.82, 2.24) is 0 Å². The van der Waals surface area contributed by atoms with E-state index in [1.807, 2.05) is 41.5 Å². The van der Waals surface area contributed by atoms with Crippen molar-refractivity contribution in [3.8, 4) is 0 Å². The molecule has 0 saturated heterocycles. The van der Waals surface area contributed by atoms with Gasteiger partial charge in [-0.2, -0.15) is 0 Å². The van der Waals surface area contributed by atoms with Crippen LogP contribution < -0.4 is 0 Å². The van der Waals surface area contributed by atoms with Crippen LogP contribution in [-0.4, -0.2) is 26.0 Å². The molecule has 0 aliphatic heterocycles. The fourth-order valence-electron chi connectivity index (χ4n) is 1.24. The minimum Gasteiger partial charge on any atom is -0.471 e. The van der Waals surface area contributed by atoms with Gasteiger partial charge in [-0.05, 0) is 47.2 Å². The Kier molecular flexibility index (Phi) is 5.12. The van der Waals surface area contributed by atoms with Gasteiger partial charge in [0.1, 0.15) is 0 Å². The lowest BCUT2D eigenvalue weighted by atomic mass is 10.2. The second-order valence-corrected chi connectivity index (χ2v) is 8.06. The number of hydrogen-bond donors (Lipinski definition) is 0. The van der Waals surface area contributed by atoms with Crippen molar-refractivity contribution in [1.29, 1.82) is 0 Å². The molecule has 0 aromatic heterocycles. The van der Waals surface area contributed by atoms with E-state index in [9.17, 15) is 4.79 Å². The predicted octanol–water partition coefficient (Wildman–Crippen LogP) is 2.84. The van der Waals surface area contributed by atoms with Gasteiger partial charge >= 0.3 is 8.80 Å². The van der Waals surface area contributed by atoms with Crippen LogP contribution in [0, 0.1) is 0 Å². The normalized spacial score (nSPS) is 13.4. The molecule has 0 N–H and O–H groups in total. The Balaban J connectivity index is 5.14. The van der Waals surface area contributed by atoms with E-state index in [0.717, 1.165) is 0 Å². The number of carbonyl (C=O) groups is 1. The first-order chi connectivity index (χ1) is 7.39. The van der Waals surface area contributed by atoms with Crippen molar-refractivity contribution < 1.29 is 18.1 Å². The Morgan fingerprint density at radius 3 is 1.59 bits per heavy atom. The highest BCUT2D eigenvalue weighted by atomic mass is 28.4. The number of carbonyl (C=O) groups excluding carboxylic acids is 1. The third kappa shape index (κ3) is 7.30. The Hall–Kier alpha value is -0.653. The third-order valence-electron chi connectivity index (χ3n) is 1.43. The summed E-state index contributed by atoms with van der Waals surface area (Å²) >= 11 is 0. The Morgan fingerprint density at radius 1 is 1.06 bits per heavy atom. The van der Waals surface area contributed by atoms with Crippen molar-refractivity contribution in [2.45, 2.75) is 59.7 Å². The average Bonchev–Trinajstić information content (AvgIpc) is 1.95. The second kappa shape index (κ2) is 5.33. The molecule has 0 unspecified atom stereocenters. The Morgan fingerprint density at radius 2 is 1.41 bits per heavy atom. The molecule has 0 aliphatic rings. The zero-order valence-electron chi connectivity index (χ0n) is 11.9. The fraction of sp³-hybridized carbons (Fsp3) is 0.750. The van der Waals surface area contributed by atoms with Crippen LogP contribution in [0.25, 0.3) is 0 Å². The quantitative estimate of drug-likeness (QED) is 0.729. The molecule has 0 aromatic rings. The molecular weight excluding hydrogens is 236 g/mol. The van der Waals surface area contributed by atoms with Gasteiger partial charge in [-0.15, -0.1) is 0 Å². The summed E-state index contributed by atoms with van der Waals surface area (Å²) in [6.45, 7) is 16.3. The Bertz CT molecular complexity index is 270. The largest absolute Gasteiger partial charge is 0.597 e. The molecule has 0 bridgehead atoms. The van der Waals surface area contributed by atoms with E-state index >= 15 is 0 Å². The summed E-state index contributed by atoms with van der Waals surface area (Å²) in [5.41, 5.74) is 0.549. The fourth-order valence-corrected chi connectivity index (χ4v) is 3.72. The van der Waals surface area contributed by atoms with Gasteiger partial charge in [-0.25, -0.2) is 0 Å². The van der Waals surface area contributed by atoms with Gasteiger partial charge in [0.2, 0.25) is 0 Å². The first-order valence-electron chi connectivity index (χ1n) is 5.63. The van der Waals surface area contributed by atoms with E-state index in [0.29, 0.717) is 0 Å². The van der Waals surface area contributed by atoms with Crippen LogP contribution in [-0.2, 0) is 18.1 Å². The molecule has 0 radical (unpaired) electrons. The van der Waals surface area contributed by atoms with Gasteiger partial charge in [-0.3, -0.25) is 4.79 Å².